The first-order valence-electron chi connectivity index (χ1n) is 4.97. The summed E-state index contributed by atoms with van der Waals surface area (Å²) in [6.45, 7) is 1.50. The largest absolute Gasteiger partial charge is 0.546 e. The Balaban J connectivity index is 2.99. The summed E-state index contributed by atoms with van der Waals surface area (Å²) in [6.07, 6.45) is 0. The topological polar surface area (TPSA) is 78.8 Å². The maximum Gasteiger partial charge on any atom is 0.162 e. The highest BCUT2D eigenvalue weighted by atomic mass is 79.9. The van der Waals surface area contributed by atoms with Crippen LogP contribution in [-0.2, 0) is 11.4 Å². The van der Waals surface area contributed by atoms with Crippen molar-refractivity contribution in [3.63, 3.8) is 0 Å². The average Bonchev–Trinajstić information content (AvgIpc) is 2.29. The molecular formula is C11H12BrO5-. The van der Waals surface area contributed by atoms with E-state index in [4.69, 9.17) is 14.6 Å². The molecule has 0 spiro atoms. The predicted octanol–water partition coefficient (Wildman–Crippen LogP) is 0.469. The third kappa shape index (κ3) is 3.90. The summed E-state index contributed by atoms with van der Waals surface area (Å²) < 4.78 is 11.0. The fourth-order valence-corrected chi connectivity index (χ4v) is 1.66. The number of halogens is 1. The molecule has 94 valence electrons. The summed E-state index contributed by atoms with van der Waals surface area (Å²) in [4.78, 5) is 10.3. The molecule has 0 radical (unpaired) electrons. The van der Waals surface area contributed by atoms with Gasteiger partial charge in [-0.25, -0.2) is 0 Å². The van der Waals surface area contributed by atoms with Crippen molar-refractivity contribution >= 4 is 21.9 Å². The van der Waals surface area contributed by atoms with Crippen molar-refractivity contribution < 1.29 is 24.5 Å². The summed E-state index contributed by atoms with van der Waals surface area (Å²) in [7, 11) is 0. The van der Waals surface area contributed by atoms with Gasteiger partial charge >= 0.3 is 0 Å². The van der Waals surface area contributed by atoms with Gasteiger partial charge < -0.3 is 24.5 Å². The molecule has 0 aliphatic rings. The van der Waals surface area contributed by atoms with E-state index in [1.54, 1.807) is 19.1 Å². The molecular weight excluding hydrogens is 292 g/mol. The van der Waals surface area contributed by atoms with Gasteiger partial charge in [-0.05, 0) is 24.6 Å². The lowest BCUT2D eigenvalue weighted by molar-refractivity contribution is -0.307. The van der Waals surface area contributed by atoms with Gasteiger partial charge in [-0.2, -0.15) is 0 Å². The van der Waals surface area contributed by atoms with Crippen LogP contribution < -0.4 is 14.6 Å². The number of aliphatic carboxylic acids is 1. The first-order chi connectivity index (χ1) is 8.08. The van der Waals surface area contributed by atoms with E-state index in [0.717, 1.165) is 0 Å². The van der Waals surface area contributed by atoms with Gasteiger partial charge in [-0.15, -0.1) is 0 Å². The molecule has 0 unspecified atom stereocenters. The summed E-state index contributed by atoms with van der Waals surface area (Å²) in [6, 6.07) is 3.15. The zero-order chi connectivity index (χ0) is 12.8. The van der Waals surface area contributed by atoms with E-state index in [9.17, 15) is 9.90 Å². The van der Waals surface area contributed by atoms with Gasteiger partial charge in [0.25, 0.3) is 0 Å². The van der Waals surface area contributed by atoms with Gasteiger partial charge in [0, 0.05) is 4.47 Å². The molecule has 0 aromatic heterocycles. The van der Waals surface area contributed by atoms with Crippen LogP contribution in [0.15, 0.2) is 16.6 Å². The average molecular weight is 304 g/mol. The molecule has 5 nitrogen and oxygen atoms in total. The molecule has 0 heterocycles. The number of carbonyl (C=O) groups excluding carboxylic acids is 1. The van der Waals surface area contributed by atoms with Crippen LogP contribution in [0.5, 0.6) is 11.5 Å². The number of ether oxygens (including phenoxy) is 2. The Morgan fingerprint density at radius 1 is 1.41 bits per heavy atom. The summed E-state index contributed by atoms with van der Waals surface area (Å²) >= 11 is 3.24. The van der Waals surface area contributed by atoms with Crippen molar-refractivity contribution in [3.05, 3.63) is 22.2 Å². The molecule has 0 atom stereocenters. The van der Waals surface area contributed by atoms with Crippen LogP contribution in [0.25, 0.3) is 0 Å². The Bertz CT molecular complexity index is 405. The number of rotatable bonds is 6. The van der Waals surface area contributed by atoms with Crippen molar-refractivity contribution in [2.45, 2.75) is 13.5 Å². The second kappa shape index (κ2) is 6.46. The number of carbonyl (C=O) groups is 1. The summed E-state index contributed by atoms with van der Waals surface area (Å²) in [5.41, 5.74) is 0.634. The van der Waals surface area contributed by atoms with Gasteiger partial charge in [-0.3, -0.25) is 0 Å². The van der Waals surface area contributed by atoms with Crippen LogP contribution in [0.3, 0.4) is 0 Å². The minimum Gasteiger partial charge on any atom is -0.546 e. The van der Waals surface area contributed by atoms with Crippen molar-refractivity contribution in [3.8, 4) is 11.5 Å². The molecule has 0 aliphatic heterocycles. The minimum absolute atomic E-state index is 0.151. The third-order valence-corrected chi connectivity index (χ3v) is 2.67. The van der Waals surface area contributed by atoms with Gasteiger partial charge in [0.15, 0.2) is 11.5 Å². The van der Waals surface area contributed by atoms with Crippen molar-refractivity contribution in [2.24, 2.45) is 0 Å². The molecule has 0 saturated heterocycles. The lowest BCUT2D eigenvalue weighted by atomic mass is 10.2. The Labute approximate surface area is 107 Å². The van der Waals surface area contributed by atoms with Crippen LogP contribution in [0.2, 0.25) is 0 Å². The second-order valence-corrected chi connectivity index (χ2v) is 4.00. The molecule has 0 saturated carbocycles. The molecule has 0 amide bonds. The maximum atomic E-state index is 10.3. The standard InChI is InChI=1S/C11H13BrO5/c1-2-16-9-3-7(5-13)8(12)4-10(9)17-6-11(14)15/h3-4,13H,2,5-6H2,1H3,(H,14,15)/p-1. The van der Waals surface area contributed by atoms with Crippen molar-refractivity contribution in [1.82, 2.24) is 0 Å². The number of carboxylic acid groups (broad SMARTS) is 1. The summed E-state index contributed by atoms with van der Waals surface area (Å²) in [5.74, 6) is -0.629. The van der Waals surface area contributed by atoms with Gasteiger partial charge in [-0.1, -0.05) is 15.9 Å². The molecule has 1 aromatic carbocycles. The molecule has 0 bridgehead atoms. The molecule has 1 rings (SSSR count). The van der Waals surface area contributed by atoms with Gasteiger partial charge in [0.2, 0.25) is 0 Å². The SMILES string of the molecule is CCOc1cc(CO)c(Br)cc1OCC(=O)[O-]. The van der Waals surface area contributed by atoms with E-state index in [0.29, 0.717) is 28.1 Å². The van der Waals surface area contributed by atoms with Crippen molar-refractivity contribution in [1.29, 1.82) is 0 Å². The van der Waals surface area contributed by atoms with Gasteiger partial charge in [0.1, 0.15) is 6.61 Å². The minimum atomic E-state index is -1.31. The molecule has 1 N–H and O–H groups in total. The first-order valence-corrected chi connectivity index (χ1v) is 5.76. The molecule has 17 heavy (non-hydrogen) atoms. The highest BCUT2D eigenvalue weighted by Gasteiger charge is 2.10. The van der Waals surface area contributed by atoms with Crippen LogP contribution in [0, 0.1) is 0 Å². The lowest BCUT2D eigenvalue weighted by Crippen LogP contribution is -2.29. The Morgan fingerprint density at radius 3 is 2.59 bits per heavy atom. The number of aliphatic hydroxyl groups excluding tert-OH is 1. The molecule has 0 aliphatic carbocycles. The monoisotopic (exact) mass is 303 g/mol. The lowest BCUT2D eigenvalue weighted by Gasteiger charge is -2.14. The Hall–Kier alpha value is -1.27. The van der Waals surface area contributed by atoms with Crippen LogP contribution in [0.4, 0.5) is 0 Å². The van der Waals surface area contributed by atoms with E-state index in [1.165, 1.54) is 0 Å². The number of aliphatic hydroxyl groups is 1. The fraction of sp³-hybridized carbons (Fsp3) is 0.364. The first kappa shape index (κ1) is 13.8. The normalized spacial score (nSPS) is 10.1. The van der Waals surface area contributed by atoms with Crippen LogP contribution in [0.1, 0.15) is 12.5 Å². The number of hydrogen-bond donors (Lipinski definition) is 1. The highest BCUT2D eigenvalue weighted by molar-refractivity contribution is 9.10. The Morgan fingerprint density at radius 2 is 2.06 bits per heavy atom. The van der Waals surface area contributed by atoms with E-state index < -0.39 is 12.6 Å². The second-order valence-electron chi connectivity index (χ2n) is 3.14. The molecule has 6 heteroatoms. The Kier molecular flexibility index (Phi) is 5.24. The van der Waals surface area contributed by atoms with Crippen molar-refractivity contribution in [2.75, 3.05) is 13.2 Å². The van der Waals surface area contributed by atoms with Crippen LogP contribution in [-0.4, -0.2) is 24.3 Å². The smallest absolute Gasteiger partial charge is 0.162 e. The predicted molar refractivity (Wildman–Crippen MR) is 61.7 cm³/mol. The van der Waals surface area contributed by atoms with E-state index in [2.05, 4.69) is 15.9 Å². The van der Waals surface area contributed by atoms with E-state index in [1.807, 2.05) is 0 Å². The summed E-state index contributed by atoms with van der Waals surface area (Å²) in [5, 5.41) is 19.4. The zero-order valence-corrected chi connectivity index (χ0v) is 10.8. The number of benzene rings is 1. The fourth-order valence-electron chi connectivity index (χ4n) is 1.22. The zero-order valence-electron chi connectivity index (χ0n) is 9.23. The molecule has 1 aromatic rings. The third-order valence-electron chi connectivity index (χ3n) is 1.93. The number of hydrogen-bond acceptors (Lipinski definition) is 5. The van der Waals surface area contributed by atoms with E-state index >= 15 is 0 Å². The highest BCUT2D eigenvalue weighted by Crippen LogP contribution is 2.33. The van der Waals surface area contributed by atoms with E-state index in [-0.39, 0.29) is 6.61 Å². The quantitative estimate of drug-likeness (QED) is 0.826. The van der Waals surface area contributed by atoms with Crippen LogP contribution >= 0.6 is 15.9 Å². The molecule has 0 fully saturated rings. The van der Waals surface area contributed by atoms with Gasteiger partial charge in [0.05, 0.1) is 19.2 Å². The maximum absolute atomic E-state index is 10.3. The number of carboxylic acids is 1.